The van der Waals surface area contributed by atoms with E-state index >= 15 is 0 Å². The van der Waals surface area contributed by atoms with Gasteiger partial charge >= 0.3 is 6.09 Å². The van der Waals surface area contributed by atoms with Crippen molar-refractivity contribution < 1.29 is 9.53 Å². The molecule has 0 radical (unpaired) electrons. The van der Waals surface area contributed by atoms with Crippen molar-refractivity contribution >= 4 is 6.09 Å². The zero-order chi connectivity index (χ0) is 12.4. The largest absolute Gasteiger partial charge is 0.415 e. The molecule has 0 spiro atoms. The lowest BCUT2D eigenvalue weighted by Crippen LogP contribution is -2.40. The molecule has 3 nitrogen and oxygen atoms in total. The summed E-state index contributed by atoms with van der Waals surface area (Å²) in [6.07, 6.45) is 5.97. The van der Waals surface area contributed by atoms with Crippen LogP contribution in [0.25, 0.3) is 0 Å². The van der Waals surface area contributed by atoms with E-state index < -0.39 is 0 Å². The standard InChI is InChI=1S/C15H19NO2/c17-15(18-13-7-2-1-3-8-13)16-11-10-12-6-4-5-9-14(12)16/h1-3,7-8,12,14H,4-6,9-11H2. The van der Waals surface area contributed by atoms with Crippen molar-refractivity contribution in [2.24, 2.45) is 5.92 Å². The number of ether oxygens (including phenoxy) is 1. The van der Waals surface area contributed by atoms with Crippen molar-refractivity contribution in [2.75, 3.05) is 6.54 Å². The maximum absolute atomic E-state index is 12.2. The third-order valence-electron chi connectivity index (χ3n) is 4.19. The molecule has 1 heterocycles. The number of hydrogen-bond donors (Lipinski definition) is 0. The minimum atomic E-state index is -0.171. The molecule has 3 heteroatoms. The lowest BCUT2D eigenvalue weighted by Gasteiger charge is -2.30. The molecule has 1 aromatic rings. The smallest absolute Gasteiger partial charge is 0.410 e. The summed E-state index contributed by atoms with van der Waals surface area (Å²) in [4.78, 5) is 14.1. The first-order chi connectivity index (χ1) is 8.84. The number of para-hydroxylation sites is 1. The zero-order valence-corrected chi connectivity index (χ0v) is 10.5. The second kappa shape index (κ2) is 5.01. The highest BCUT2D eigenvalue weighted by Gasteiger charge is 2.38. The fourth-order valence-electron chi connectivity index (χ4n) is 3.28. The summed E-state index contributed by atoms with van der Waals surface area (Å²) in [7, 11) is 0. The average Bonchev–Trinajstić information content (AvgIpc) is 2.84. The van der Waals surface area contributed by atoms with Crippen molar-refractivity contribution in [2.45, 2.75) is 38.1 Å². The number of carbonyl (C=O) groups is 1. The molecule has 1 aromatic carbocycles. The maximum Gasteiger partial charge on any atom is 0.415 e. The van der Waals surface area contributed by atoms with Crippen molar-refractivity contribution in [1.82, 2.24) is 4.90 Å². The van der Waals surface area contributed by atoms with E-state index in [0.29, 0.717) is 17.7 Å². The number of amides is 1. The van der Waals surface area contributed by atoms with Gasteiger partial charge in [-0.2, -0.15) is 0 Å². The van der Waals surface area contributed by atoms with E-state index in [0.717, 1.165) is 19.4 Å². The molecule has 2 fully saturated rings. The monoisotopic (exact) mass is 245 g/mol. The summed E-state index contributed by atoms with van der Waals surface area (Å²) < 4.78 is 5.43. The molecule has 18 heavy (non-hydrogen) atoms. The van der Waals surface area contributed by atoms with Crippen molar-refractivity contribution in [1.29, 1.82) is 0 Å². The number of nitrogens with zero attached hydrogens (tertiary/aromatic N) is 1. The first kappa shape index (κ1) is 11.6. The highest BCUT2D eigenvalue weighted by molar-refractivity contribution is 5.71. The lowest BCUT2D eigenvalue weighted by atomic mass is 9.85. The summed E-state index contributed by atoms with van der Waals surface area (Å²) >= 11 is 0. The van der Waals surface area contributed by atoms with Gasteiger partial charge < -0.3 is 9.64 Å². The molecule has 2 atom stereocenters. The SMILES string of the molecule is O=C(Oc1ccccc1)N1CCC2CCCCC21. The Morgan fingerprint density at radius 2 is 1.89 bits per heavy atom. The molecule has 96 valence electrons. The van der Waals surface area contributed by atoms with Gasteiger partial charge in [0.1, 0.15) is 5.75 Å². The number of hydrogen-bond acceptors (Lipinski definition) is 2. The Balaban J connectivity index is 1.66. The van der Waals surface area contributed by atoms with Crippen molar-refractivity contribution in [3.8, 4) is 5.75 Å². The third kappa shape index (κ3) is 2.22. The van der Waals surface area contributed by atoms with Gasteiger partial charge in [-0.25, -0.2) is 4.79 Å². The Hall–Kier alpha value is -1.51. The Bertz CT molecular complexity index is 418. The Labute approximate surface area is 108 Å². The molecule has 0 bridgehead atoms. The van der Waals surface area contributed by atoms with Gasteiger partial charge in [-0.15, -0.1) is 0 Å². The Kier molecular flexibility index (Phi) is 3.22. The van der Waals surface area contributed by atoms with E-state index in [4.69, 9.17) is 4.74 Å². The zero-order valence-electron chi connectivity index (χ0n) is 10.5. The molecular weight excluding hydrogens is 226 g/mol. The molecule has 1 amide bonds. The van der Waals surface area contributed by atoms with Crippen LogP contribution < -0.4 is 4.74 Å². The van der Waals surface area contributed by atoms with Gasteiger partial charge in [0.25, 0.3) is 0 Å². The van der Waals surface area contributed by atoms with Crippen LogP contribution in [0.5, 0.6) is 5.75 Å². The van der Waals surface area contributed by atoms with Crippen LogP contribution in [0.3, 0.4) is 0 Å². The van der Waals surface area contributed by atoms with Gasteiger partial charge in [-0.3, -0.25) is 0 Å². The number of fused-ring (bicyclic) bond motifs is 1. The molecular formula is C15H19NO2. The number of likely N-dealkylation sites (tertiary alicyclic amines) is 1. The number of rotatable bonds is 1. The van der Waals surface area contributed by atoms with Crippen LogP contribution in [0, 0.1) is 5.92 Å². The van der Waals surface area contributed by atoms with Crippen LogP contribution >= 0.6 is 0 Å². The van der Waals surface area contributed by atoms with E-state index in [2.05, 4.69) is 0 Å². The second-order valence-corrected chi connectivity index (χ2v) is 5.27. The van der Waals surface area contributed by atoms with Crippen molar-refractivity contribution in [3.63, 3.8) is 0 Å². The molecule has 0 N–H and O–H groups in total. The van der Waals surface area contributed by atoms with Gasteiger partial charge in [0.2, 0.25) is 0 Å². The molecule has 1 saturated heterocycles. The first-order valence-electron chi connectivity index (χ1n) is 6.88. The van der Waals surface area contributed by atoms with Crippen LogP contribution in [0.1, 0.15) is 32.1 Å². The van der Waals surface area contributed by atoms with Crippen molar-refractivity contribution in [3.05, 3.63) is 30.3 Å². The van der Waals surface area contributed by atoms with E-state index in [1.165, 1.54) is 19.3 Å². The highest BCUT2D eigenvalue weighted by Crippen LogP contribution is 2.36. The first-order valence-corrected chi connectivity index (χ1v) is 6.88. The Morgan fingerprint density at radius 3 is 2.72 bits per heavy atom. The molecule has 2 unspecified atom stereocenters. The quantitative estimate of drug-likeness (QED) is 0.758. The van der Waals surface area contributed by atoms with Gasteiger partial charge in [0.15, 0.2) is 0 Å². The predicted molar refractivity (Wildman–Crippen MR) is 69.5 cm³/mol. The summed E-state index contributed by atoms with van der Waals surface area (Å²) in [6.45, 7) is 0.862. The maximum atomic E-state index is 12.2. The Morgan fingerprint density at radius 1 is 1.11 bits per heavy atom. The molecule has 2 aliphatic rings. The van der Waals surface area contributed by atoms with E-state index in [1.54, 1.807) is 0 Å². The molecule has 1 saturated carbocycles. The topological polar surface area (TPSA) is 29.5 Å². The summed E-state index contributed by atoms with van der Waals surface area (Å²) in [5.41, 5.74) is 0. The minimum Gasteiger partial charge on any atom is -0.410 e. The minimum absolute atomic E-state index is 0.171. The summed E-state index contributed by atoms with van der Waals surface area (Å²) in [6, 6.07) is 9.77. The van der Waals surface area contributed by atoms with Crippen LogP contribution in [0.15, 0.2) is 30.3 Å². The van der Waals surface area contributed by atoms with Gasteiger partial charge in [-0.05, 0) is 37.3 Å². The van der Waals surface area contributed by atoms with Gasteiger partial charge in [0.05, 0.1) is 0 Å². The van der Waals surface area contributed by atoms with Crippen LogP contribution in [-0.4, -0.2) is 23.6 Å². The lowest BCUT2D eigenvalue weighted by molar-refractivity contribution is 0.131. The van der Waals surface area contributed by atoms with Gasteiger partial charge in [0, 0.05) is 12.6 Å². The molecule has 1 aliphatic heterocycles. The summed E-state index contributed by atoms with van der Waals surface area (Å²) in [5, 5.41) is 0. The molecule has 3 rings (SSSR count). The van der Waals surface area contributed by atoms with E-state index in [-0.39, 0.29) is 6.09 Å². The molecule has 0 aromatic heterocycles. The van der Waals surface area contributed by atoms with Crippen LogP contribution in [0.2, 0.25) is 0 Å². The fourth-order valence-corrected chi connectivity index (χ4v) is 3.28. The van der Waals surface area contributed by atoms with Crippen LogP contribution in [-0.2, 0) is 0 Å². The highest BCUT2D eigenvalue weighted by atomic mass is 16.6. The predicted octanol–water partition coefficient (Wildman–Crippen LogP) is 3.45. The molecule has 1 aliphatic carbocycles. The van der Waals surface area contributed by atoms with E-state index in [9.17, 15) is 4.79 Å². The van der Waals surface area contributed by atoms with E-state index in [1.807, 2.05) is 35.2 Å². The normalized spacial score (nSPS) is 26.8. The average molecular weight is 245 g/mol. The second-order valence-electron chi connectivity index (χ2n) is 5.27. The van der Waals surface area contributed by atoms with Crippen LogP contribution in [0.4, 0.5) is 4.79 Å². The number of benzene rings is 1. The fraction of sp³-hybridized carbons (Fsp3) is 0.533. The number of carbonyl (C=O) groups excluding carboxylic acids is 1. The summed E-state index contributed by atoms with van der Waals surface area (Å²) in [5.74, 6) is 1.35. The van der Waals surface area contributed by atoms with Gasteiger partial charge in [-0.1, -0.05) is 31.0 Å². The third-order valence-corrected chi connectivity index (χ3v) is 4.19.